The lowest BCUT2D eigenvalue weighted by Gasteiger charge is -2.00. The maximum Gasteiger partial charge on any atom is 0.426 e. The third kappa shape index (κ3) is 18.0. The summed E-state index contributed by atoms with van der Waals surface area (Å²) in [5.74, 6) is 0. The van der Waals surface area contributed by atoms with Crippen LogP contribution in [0.25, 0.3) is 0 Å². The first kappa shape index (κ1) is 20.0. The van der Waals surface area contributed by atoms with Crippen molar-refractivity contribution < 1.29 is 109 Å². The molecule has 0 bridgehead atoms. The Balaban J connectivity index is 2.99. The lowest BCUT2D eigenvalue weighted by molar-refractivity contribution is -1.93. The van der Waals surface area contributed by atoms with E-state index in [0.29, 0.717) is 0 Å². The maximum atomic E-state index is 9.80. The number of rotatable bonds is 15. The van der Waals surface area contributed by atoms with E-state index in [4.69, 9.17) is 5.26 Å². The van der Waals surface area contributed by atoms with Gasteiger partial charge in [-0.15, -0.1) is 0 Å². The van der Waals surface area contributed by atoms with Gasteiger partial charge in [0.25, 0.3) is 0 Å². The van der Waals surface area contributed by atoms with Crippen LogP contribution in [0, 0.1) is 0 Å². The number of hydrogen-bond acceptors (Lipinski definition) is 19. The molecule has 20 heteroatoms. The van der Waals surface area contributed by atoms with Crippen molar-refractivity contribution in [3.8, 4) is 0 Å². The fourth-order valence-corrected chi connectivity index (χ4v) is 0.419. The SMILES string of the molecule is [O-][I+3]([O-])([O-])OOOOOOOOOOOOOOOO. The van der Waals surface area contributed by atoms with Crippen LogP contribution in [-0.4, -0.2) is 5.26 Å². The largest absolute Gasteiger partial charge is 0.426 e. The van der Waals surface area contributed by atoms with Crippen LogP contribution in [0.1, 0.15) is 0 Å². The summed E-state index contributed by atoms with van der Waals surface area (Å²) in [5.41, 5.74) is 0. The Bertz CT molecular complexity index is 181. The second-order valence-corrected chi connectivity index (χ2v) is 3.92. The Labute approximate surface area is 110 Å². The summed E-state index contributed by atoms with van der Waals surface area (Å²) in [5, 5.41) is 53.6. The summed E-state index contributed by atoms with van der Waals surface area (Å²) < 4.78 is 32.5. The monoisotopic (exact) mass is 432 g/mol. The van der Waals surface area contributed by atoms with Gasteiger partial charge >= 0.3 is 20.1 Å². The molecule has 0 amide bonds. The van der Waals surface area contributed by atoms with Crippen LogP contribution in [0.4, 0.5) is 0 Å². The summed E-state index contributed by atoms with van der Waals surface area (Å²) in [7, 11) is 0. The molecule has 0 spiro atoms. The van der Waals surface area contributed by atoms with Gasteiger partial charge in [-0.3, -0.25) is 10.3 Å². The Hall–Kier alpha value is -0.0300. The van der Waals surface area contributed by atoms with Gasteiger partial charge in [0.05, 0.1) is 5.04 Å². The first-order valence-corrected chi connectivity index (χ1v) is 6.66. The zero-order valence-corrected chi connectivity index (χ0v) is 10.3. The molecule has 0 aliphatic heterocycles. The molecular formula is HIO19. The van der Waals surface area contributed by atoms with Crippen molar-refractivity contribution in [1.82, 2.24) is 0 Å². The van der Waals surface area contributed by atoms with Crippen molar-refractivity contribution in [3.63, 3.8) is 0 Å². The van der Waals surface area contributed by atoms with Crippen LogP contribution in [0.3, 0.4) is 0 Å². The second kappa shape index (κ2) is 13.9. The molecule has 0 aliphatic rings. The highest BCUT2D eigenvalue weighted by atomic mass is 127. The molecule has 19 nitrogen and oxygen atoms in total. The Morgan fingerprint density at radius 3 is 1.10 bits per heavy atom. The standard InChI is InChI=1S/HIO19/c2-1(3,4)6-8-10-12-14-16-18-20-19-17-15-13-11-9-7-5/h5H. The zero-order chi connectivity index (χ0) is 15.1. The number of hydrogen-bond donors (Lipinski definition) is 1. The highest BCUT2D eigenvalue weighted by Gasteiger charge is 2.30. The smallest absolute Gasteiger partial charge is 0.253 e. The van der Waals surface area contributed by atoms with Gasteiger partial charge in [-0.25, -0.2) is 5.26 Å². The van der Waals surface area contributed by atoms with Gasteiger partial charge in [0.15, 0.2) is 0 Å². The Morgan fingerprint density at radius 1 is 0.500 bits per heavy atom. The van der Waals surface area contributed by atoms with Crippen molar-refractivity contribution in [1.29, 1.82) is 0 Å². The van der Waals surface area contributed by atoms with Gasteiger partial charge in [-0.05, 0) is 35.3 Å². The van der Waals surface area contributed by atoms with Crippen molar-refractivity contribution in [2.24, 2.45) is 0 Å². The predicted molar refractivity (Wildman–Crippen MR) is 18.9 cm³/mol. The van der Waals surface area contributed by atoms with Gasteiger partial charge in [-0.1, -0.05) is 0 Å². The van der Waals surface area contributed by atoms with E-state index in [9.17, 15) is 10.3 Å². The molecule has 0 heterocycles. The minimum atomic E-state index is -6.08. The summed E-state index contributed by atoms with van der Waals surface area (Å²) in [6, 6.07) is 0. The molecule has 0 aliphatic carbocycles. The van der Waals surface area contributed by atoms with E-state index in [1.54, 1.807) is 0 Å². The van der Waals surface area contributed by atoms with Crippen molar-refractivity contribution in [2.45, 2.75) is 0 Å². The van der Waals surface area contributed by atoms with Crippen molar-refractivity contribution in [2.75, 3.05) is 0 Å². The van der Waals surface area contributed by atoms with E-state index >= 15 is 0 Å². The van der Waals surface area contributed by atoms with Gasteiger partial charge in [0.2, 0.25) is 3.22 Å². The predicted octanol–water partition coefficient (Wildman–Crippen LogP) is -7.58. The van der Waals surface area contributed by atoms with E-state index in [1.165, 1.54) is 0 Å². The molecule has 0 aromatic heterocycles. The van der Waals surface area contributed by atoms with Crippen LogP contribution in [0.5, 0.6) is 0 Å². The molecule has 0 saturated carbocycles. The minimum Gasteiger partial charge on any atom is -0.253 e. The molecule has 122 valence electrons. The average Bonchev–Trinajstić information content (AvgIpc) is 2.38. The zero-order valence-electron chi connectivity index (χ0n) is 8.17. The van der Waals surface area contributed by atoms with Crippen LogP contribution in [-0.2, 0) is 73.8 Å². The summed E-state index contributed by atoms with van der Waals surface area (Å²) in [4.78, 5) is 0. The van der Waals surface area contributed by atoms with E-state index in [-0.39, 0.29) is 0 Å². The quantitative estimate of drug-likeness (QED) is 0.110. The van der Waals surface area contributed by atoms with E-state index in [1.807, 2.05) is 0 Å². The lowest BCUT2D eigenvalue weighted by atomic mass is 14.0. The topological polar surface area (TPSA) is 228 Å². The van der Waals surface area contributed by atoms with Gasteiger partial charge in [-0.2, -0.15) is 0 Å². The van der Waals surface area contributed by atoms with Crippen LogP contribution < -0.4 is 30.4 Å². The van der Waals surface area contributed by atoms with Crippen molar-refractivity contribution >= 4 is 0 Å². The molecule has 0 saturated heterocycles. The summed E-state index contributed by atoms with van der Waals surface area (Å²) in [6.07, 6.45) is 0. The average molecular weight is 432 g/mol. The molecule has 0 rings (SSSR count). The molecule has 20 heavy (non-hydrogen) atoms. The summed E-state index contributed by atoms with van der Waals surface area (Å²) in [6.45, 7) is 0. The molecular weight excluding hydrogens is 431 g/mol. The second-order valence-electron chi connectivity index (χ2n) is 1.40. The van der Waals surface area contributed by atoms with Gasteiger partial charge < -0.3 is 0 Å². The third-order valence-electron chi connectivity index (χ3n) is 0.467. The van der Waals surface area contributed by atoms with E-state index in [0.717, 1.165) is 0 Å². The lowest BCUT2D eigenvalue weighted by Crippen LogP contribution is -4.24. The van der Waals surface area contributed by atoms with Crippen LogP contribution in [0.15, 0.2) is 0 Å². The molecule has 0 unspecified atom stereocenters. The molecule has 1 N–H and O–H groups in total. The number of halogens is 1. The Kier molecular flexibility index (Phi) is 13.9. The fraction of sp³-hybridized carbons (Fsp3) is 0. The minimum absolute atomic E-state index is 2.85. The first-order valence-electron chi connectivity index (χ1n) is 3.13. The molecule has 0 atom stereocenters. The first-order chi connectivity index (χ1) is 9.56. The van der Waals surface area contributed by atoms with Gasteiger partial charge in [0, 0.05) is 30.2 Å². The fourth-order valence-electron chi connectivity index (χ4n) is 0.179. The highest BCUT2D eigenvalue weighted by Crippen LogP contribution is 1.91. The highest BCUT2D eigenvalue weighted by molar-refractivity contribution is 3.07. The van der Waals surface area contributed by atoms with Crippen molar-refractivity contribution in [3.05, 3.63) is 0 Å². The van der Waals surface area contributed by atoms with Gasteiger partial charge in [0.1, 0.15) is 0 Å². The van der Waals surface area contributed by atoms with Crippen LogP contribution >= 0.6 is 0 Å². The van der Waals surface area contributed by atoms with E-state index < -0.39 is 20.1 Å². The molecule has 0 aromatic rings. The molecule has 0 radical (unpaired) electrons. The molecule has 0 aromatic carbocycles. The van der Waals surface area contributed by atoms with E-state index in [2.05, 4.69) is 73.8 Å². The maximum absolute atomic E-state index is 9.80. The van der Waals surface area contributed by atoms with Crippen LogP contribution in [0.2, 0.25) is 0 Å². The normalized spacial score (nSPS) is 12.0. The Morgan fingerprint density at radius 2 is 0.800 bits per heavy atom. The third-order valence-corrected chi connectivity index (χ3v) is 1.05. The summed E-state index contributed by atoms with van der Waals surface area (Å²) >= 11 is -6.08. The molecule has 0 fully saturated rings.